The van der Waals surface area contributed by atoms with Gasteiger partial charge in [0.25, 0.3) is 5.91 Å². The van der Waals surface area contributed by atoms with Gasteiger partial charge in [0.05, 0.1) is 24.3 Å². The van der Waals surface area contributed by atoms with E-state index in [0.717, 1.165) is 0 Å². The minimum atomic E-state index is -0.460. The molecule has 1 heterocycles. The highest BCUT2D eigenvalue weighted by Crippen LogP contribution is 2.23. The number of nitrogens with zero attached hydrogens (tertiary/aromatic N) is 1. The van der Waals surface area contributed by atoms with E-state index in [-0.39, 0.29) is 12.5 Å². The lowest BCUT2D eigenvalue weighted by molar-refractivity contribution is 0.0509. The van der Waals surface area contributed by atoms with Crippen LogP contribution >= 0.6 is 0 Å². The summed E-state index contributed by atoms with van der Waals surface area (Å²) < 4.78 is 11.7. The van der Waals surface area contributed by atoms with Crippen LogP contribution < -0.4 is 5.32 Å². The lowest BCUT2D eigenvalue weighted by atomic mass is 10.1. The third-order valence-corrected chi connectivity index (χ3v) is 4.28. The Balaban J connectivity index is 2.25. The fourth-order valence-corrected chi connectivity index (χ4v) is 2.90. The maximum Gasteiger partial charge on any atom is 0.355 e. The maximum atomic E-state index is 12.8. The van der Waals surface area contributed by atoms with Gasteiger partial charge in [-0.05, 0) is 57.5 Å². The average Bonchev–Trinajstić information content (AvgIpc) is 2.85. The summed E-state index contributed by atoms with van der Waals surface area (Å²) in [4.78, 5) is 36.6. The molecule has 0 aliphatic carbocycles. The second-order valence-corrected chi connectivity index (χ2v) is 5.97. The van der Waals surface area contributed by atoms with Crippen LogP contribution in [0.5, 0.6) is 0 Å². The Morgan fingerprint density at radius 3 is 2.07 bits per heavy atom. The van der Waals surface area contributed by atoms with Gasteiger partial charge < -0.3 is 19.4 Å². The number of aromatic nitrogens is 1. The molecule has 0 radical (unpaired) electrons. The molecule has 0 aliphatic rings. The molecule has 7 heteroatoms. The first-order valence-corrected chi connectivity index (χ1v) is 8.73. The first kappa shape index (κ1) is 20.2. The van der Waals surface area contributed by atoms with Crippen molar-refractivity contribution in [1.29, 1.82) is 0 Å². The van der Waals surface area contributed by atoms with Crippen LogP contribution in [0.2, 0.25) is 0 Å². The number of carbonyl (C=O) groups excluding carboxylic acids is 3. The molecule has 0 bridgehead atoms. The summed E-state index contributed by atoms with van der Waals surface area (Å²) in [6.45, 7) is 7.52. The van der Waals surface area contributed by atoms with Crippen LogP contribution in [-0.4, -0.2) is 35.6 Å². The van der Waals surface area contributed by atoms with Crippen LogP contribution in [0.25, 0.3) is 0 Å². The largest absolute Gasteiger partial charge is 0.462 e. The van der Waals surface area contributed by atoms with E-state index in [1.165, 1.54) is 0 Å². The molecule has 0 saturated carbocycles. The number of hydrogen-bond donors (Lipinski definition) is 1. The Kier molecular flexibility index (Phi) is 6.39. The molecular formula is C20H24N2O5. The van der Waals surface area contributed by atoms with Crippen LogP contribution in [0.15, 0.2) is 24.3 Å². The van der Waals surface area contributed by atoms with E-state index in [1.807, 2.05) is 0 Å². The smallest absolute Gasteiger partial charge is 0.355 e. The summed E-state index contributed by atoms with van der Waals surface area (Å²) >= 11 is 0. The van der Waals surface area contributed by atoms with Gasteiger partial charge in [-0.1, -0.05) is 0 Å². The minimum Gasteiger partial charge on any atom is -0.462 e. The molecular weight excluding hydrogens is 348 g/mol. The van der Waals surface area contributed by atoms with Gasteiger partial charge in [0.15, 0.2) is 0 Å². The second-order valence-electron chi connectivity index (χ2n) is 5.97. The molecule has 0 aliphatic heterocycles. The van der Waals surface area contributed by atoms with Crippen molar-refractivity contribution in [3.05, 3.63) is 52.3 Å². The molecule has 1 amide bonds. The van der Waals surface area contributed by atoms with Crippen LogP contribution in [-0.2, 0) is 16.5 Å². The monoisotopic (exact) mass is 372 g/mol. The van der Waals surface area contributed by atoms with Crippen LogP contribution in [0, 0.1) is 13.8 Å². The topological polar surface area (TPSA) is 86.6 Å². The number of benzene rings is 1. The van der Waals surface area contributed by atoms with Gasteiger partial charge >= 0.3 is 11.9 Å². The van der Waals surface area contributed by atoms with E-state index in [9.17, 15) is 14.4 Å². The van der Waals surface area contributed by atoms with Crippen molar-refractivity contribution in [2.24, 2.45) is 7.05 Å². The Labute approximate surface area is 158 Å². The zero-order chi connectivity index (χ0) is 20.1. The highest BCUT2D eigenvalue weighted by molar-refractivity contribution is 6.08. The van der Waals surface area contributed by atoms with Crippen LogP contribution in [0.4, 0.5) is 5.69 Å². The van der Waals surface area contributed by atoms with Gasteiger partial charge in [-0.15, -0.1) is 0 Å². The molecule has 0 spiro atoms. The van der Waals surface area contributed by atoms with Crippen molar-refractivity contribution < 1.29 is 23.9 Å². The first-order valence-electron chi connectivity index (χ1n) is 8.73. The van der Waals surface area contributed by atoms with E-state index < -0.39 is 11.9 Å². The quantitative estimate of drug-likeness (QED) is 0.787. The zero-order valence-corrected chi connectivity index (χ0v) is 16.2. The third kappa shape index (κ3) is 4.19. The lowest BCUT2D eigenvalue weighted by Crippen LogP contribution is -2.14. The predicted molar refractivity (Wildman–Crippen MR) is 101 cm³/mol. The van der Waals surface area contributed by atoms with Crippen molar-refractivity contribution in [1.82, 2.24) is 4.57 Å². The Hall–Kier alpha value is -3.09. The van der Waals surface area contributed by atoms with Crippen molar-refractivity contribution in [3.8, 4) is 0 Å². The molecule has 1 N–H and O–H groups in total. The Bertz CT molecular complexity index is 865. The van der Waals surface area contributed by atoms with E-state index in [1.54, 1.807) is 63.6 Å². The van der Waals surface area contributed by atoms with Gasteiger partial charge in [0.1, 0.15) is 5.69 Å². The molecule has 0 saturated heterocycles. The SMILES string of the molecule is CCOC(=O)c1ccc(NC(=O)c2c(C)c(C(=O)OCC)n(C)c2C)cc1. The summed E-state index contributed by atoms with van der Waals surface area (Å²) in [5, 5.41) is 2.79. The molecule has 1 aromatic carbocycles. The molecule has 144 valence electrons. The third-order valence-electron chi connectivity index (χ3n) is 4.28. The van der Waals surface area contributed by atoms with Crippen molar-refractivity contribution in [2.45, 2.75) is 27.7 Å². The zero-order valence-electron chi connectivity index (χ0n) is 16.2. The minimum absolute atomic E-state index is 0.261. The number of amides is 1. The molecule has 7 nitrogen and oxygen atoms in total. The van der Waals surface area contributed by atoms with Crippen LogP contribution in [0.1, 0.15) is 56.3 Å². The number of hydrogen-bond acceptors (Lipinski definition) is 5. The van der Waals surface area contributed by atoms with Crippen molar-refractivity contribution in [3.63, 3.8) is 0 Å². The van der Waals surface area contributed by atoms with Gasteiger partial charge in [-0.25, -0.2) is 9.59 Å². The number of carbonyl (C=O) groups is 3. The van der Waals surface area contributed by atoms with E-state index in [4.69, 9.17) is 9.47 Å². The molecule has 0 atom stereocenters. The fraction of sp³-hybridized carbons (Fsp3) is 0.350. The standard InChI is InChI=1S/C20H24N2O5/c1-6-26-19(24)14-8-10-15(11-9-14)21-18(23)16-12(3)17(20(25)27-7-2)22(5)13(16)4/h8-11H,6-7H2,1-5H3,(H,21,23). The predicted octanol–water partition coefficient (Wildman–Crippen LogP) is 3.25. The maximum absolute atomic E-state index is 12.8. The molecule has 2 aromatic rings. The summed E-state index contributed by atoms with van der Waals surface area (Å²) in [5.41, 5.74) is 2.96. The van der Waals surface area contributed by atoms with Crippen molar-refractivity contribution in [2.75, 3.05) is 18.5 Å². The first-order chi connectivity index (χ1) is 12.8. The lowest BCUT2D eigenvalue weighted by Gasteiger charge is -2.07. The van der Waals surface area contributed by atoms with Gasteiger partial charge in [0.2, 0.25) is 0 Å². The summed E-state index contributed by atoms with van der Waals surface area (Å²) in [6, 6.07) is 6.43. The van der Waals surface area contributed by atoms with Gasteiger partial charge in [-0.2, -0.15) is 0 Å². The number of nitrogens with one attached hydrogen (secondary N) is 1. The van der Waals surface area contributed by atoms with Gasteiger partial charge in [0, 0.05) is 18.4 Å². The highest BCUT2D eigenvalue weighted by atomic mass is 16.5. The average molecular weight is 372 g/mol. The molecule has 1 aromatic heterocycles. The number of rotatable bonds is 6. The normalized spacial score (nSPS) is 10.4. The van der Waals surface area contributed by atoms with E-state index in [0.29, 0.717) is 40.4 Å². The van der Waals surface area contributed by atoms with E-state index in [2.05, 4.69) is 5.32 Å². The molecule has 27 heavy (non-hydrogen) atoms. The van der Waals surface area contributed by atoms with Crippen molar-refractivity contribution >= 4 is 23.5 Å². The summed E-state index contributed by atoms with van der Waals surface area (Å²) in [7, 11) is 1.72. The second kappa shape index (κ2) is 8.53. The number of anilines is 1. The molecule has 2 rings (SSSR count). The summed E-state index contributed by atoms with van der Waals surface area (Å²) in [5.74, 6) is -1.21. The fourth-order valence-electron chi connectivity index (χ4n) is 2.90. The van der Waals surface area contributed by atoms with Gasteiger partial charge in [-0.3, -0.25) is 4.79 Å². The van der Waals surface area contributed by atoms with Crippen LogP contribution in [0.3, 0.4) is 0 Å². The number of esters is 2. The van der Waals surface area contributed by atoms with E-state index >= 15 is 0 Å². The molecule has 0 unspecified atom stereocenters. The summed E-state index contributed by atoms with van der Waals surface area (Å²) in [6.07, 6.45) is 0. The Morgan fingerprint density at radius 2 is 1.52 bits per heavy atom. The Morgan fingerprint density at radius 1 is 0.963 bits per heavy atom. The highest BCUT2D eigenvalue weighted by Gasteiger charge is 2.25. The molecule has 0 fully saturated rings. The number of ether oxygens (including phenoxy) is 2.